The second kappa shape index (κ2) is 3.26. The van der Waals surface area contributed by atoms with E-state index in [-0.39, 0.29) is 5.15 Å². The predicted molar refractivity (Wildman–Crippen MR) is 51.3 cm³/mol. The zero-order valence-electron chi connectivity index (χ0n) is 7.34. The average Bonchev–Trinajstić information content (AvgIpc) is 2.71. The van der Waals surface area contributed by atoms with Crippen molar-refractivity contribution in [1.29, 1.82) is 0 Å². The van der Waals surface area contributed by atoms with Gasteiger partial charge in [-0.15, -0.1) is 0 Å². The van der Waals surface area contributed by atoms with Crippen molar-refractivity contribution < 1.29 is 4.79 Å². The van der Waals surface area contributed by atoms with Gasteiger partial charge in [0.05, 0.1) is 11.8 Å². The van der Waals surface area contributed by atoms with Crippen molar-refractivity contribution in [3.05, 3.63) is 22.6 Å². The van der Waals surface area contributed by atoms with Gasteiger partial charge in [0.25, 0.3) is 0 Å². The monoisotopic (exact) mass is 210 g/mol. The maximum atomic E-state index is 10.7. The number of nitrogens with zero attached hydrogens (tertiary/aromatic N) is 2. The lowest BCUT2D eigenvalue weighted by Crippen LogP contribution is -1.85. The Labute approximate surface area is 84.5 Å². The van der Waals surface area contributed by atoms with E-state index < -0.39 is 0 Å². The Hall–Kier alpha value is -1.62. The Morgan fingerprint density at radius 3 is 2.86 bits per heavy atom. The van der Waals surface area contributed by atoms with Gasteiger partial charge in [-0.1, -0.05) is 11.6 Å². The second-order valence-electron chi connectivity index (χ2n) is 2.83. The third-order valence-electron chi connectivity index (χ3n) is 1.96. The van der Waals surface area contributed by atoms with Crippen LogP contribution in [0.4, 0.5) is 0 Å². The largest absolute Gasteiger partial charge is 0.298 e. The Bertz CT molecular complexity index is 473. The minimum atomic E-state index is 0.246. The molecule has 0 aliphatic heterocycles. The predicted octanol–water partition coefficient (Wildman–Crippen LogP) is 1.57. The molecular weight excluding hydrogens is 204 g/mol. The van der Waals surface area contributed by atoms with Crippen LogP contribution in [-0.2, 0) is 0 Å². The van der Waals surface area contributed by atoms with Gasteiger partial charge in [0.1, 0.15) is 10.8 Å². The van der Waals surface area contributed by atoms with Crippen molar-refractivity contribution in [2.75, 3.05) is 0 Å². The number of halogens is 1. The van der Waals surface area contributed by atoms with Crippen molar-refractivity contribution >= 4 is 17.9 Å². The molecule has 5 nitrogen and oxygen atoms in total. The summed E-state index contributed by atoms with van der Waals surface area (Å²) in [6, 6.07) is 0. The summed E-state index contributed by atoms with van der Waals surface area (Å²) < 4.78 is 0. The van der Waals surface area contributed by atoms with Gasteiger partial charge in [-0.3, -0.25) is 15.0 Å². The SMILES string of the molecule is Cc1[nH]ncc1-c1n[nH]c(Cl)c1C=O. The first-order valence-electron chi connectivity index (χ1n) is 3.93. The van der Waals surface area contributed by atoms with Crippen LogP contribution in [0.15, 0.2) is 6.20 Å². The van der Waals surface area contributed by atoms with E-state index in [1.807, 2.05) is 6.92 Å². The lowest BCUT2D eigenvalue weighted by atomic mass is 10.1. The standard InChI is InChI=1S/C8H7ClN4O/c1-4-5(2-10-11-4)7-6(3-14)8(9)13-12-7/h2-3H,1H3,(H,10,11)(H,12,13). The molecule has 0 atom stereocenters. The molecule has 0 amide bonds. The molecule has 0 bridgehead atoms. The number of H-pyrrole nitrogens is 2. The molecule has 0 aromatic carbocycles. The molecule has 0 saturated heterocycles. The van der Waals surface area contributed by atoms with Gasteiger partial charge < -0.3 is 0 Å². The number of hydrogen-bond acceptors (Lipinski definition) is 3. The van der Waals surface area contributed by atoms with Crippen LogP contribution in [0.3, 0.4) is 0 Å². The van der Waals surface area contributed by atoms with Gasteiger partial charge in [0.15, 0.2) is 6.29 Å². The van der Waals surface area contributed by atoms with E-state index >= 15 is 0 Å². The molecule has 0 aliphatic carbocycles. The van der Waals surface area contributed by atoms with Crippen molar-refractivity contribution in [3.8, 4) is 11.3 Å². The van der Waals surface area contributed by atoms with Crippen LogP contribution in [0, 0.1) is 6.92 Å². The van der Waals surface area contributed by atoms with Crippen LogP contribution in [0.2, 0.25) is 5.15 Å². The summed E-state index contributed by atoms with van der Waals surface area (Å²) in [5.41, 5.74) is 2.50. The Morgan fingerprint density at radius 1 is 1.50 bits per heavy atom. The lowest BCUT2D eigenvalue weighted by Gasteiger charge is -1.93. The molecule has 14 heavy (non-hydrogen) atoms. The number of carbonyl (C=O) groups excluding carboxylic acids is 1. The molecule has 2 N–H and O–H groups in total. The molecule has 0 unspecified atom stereocenters. The van der Waals surface area contributed by atoms with E-state index in [9.17, 15) is 4.79 Å². The second-order valence-corrected chi connectivity index (χ2v) is 3.20. The molecule has 0 spiro atoms. The van der Waals surface area contributed by atoms with Crippen molar-refractivity contribution in [3.63, 3.8) is 0 Å². The number of aromatic amines is 2. The number of carbonyl (C=O) groups is 1. The van der Waals surface area contributed by atoms with E-state index in [4.69, 9.17) is 11.6 Å². The molecule has 2 aromatic heterocycles. The molecular formula is C8H7ClN4O. The summed E-state index contributed by atoms with van der Waals surface area (Å²) in [5.74, 6) is 0. The fourth-order valence-corrected chi connectivity index (χ4v) is 1.41. The fourth-order valence-electron chi connectivity index (χ4n) is 1.23. The van der Waals surface area contributed by atoms with Crippen LogP contribution >= 0.6 is 11.6 Å². The number of nitrogens with one attached hydrogen (secondary N) is 2. The lowest BCUT2D eigenvalue weighted by molar-refractivity contribution is 0.112. The van der Waals surface area contributed by atoms with Crippen LogP contribution < -0.4 is 0 Å². The van der Waals surface area contributed by atoms with Crippen LogP contribution in [0.1, 0.15) is 16.1 Å². The van der Waals surface area contributed by atoms with Crippen molar-refractivity contribution in [2.45, 2.75) is 6.92 Å². The quantitative estimate of drug-likeness (QED) is 0.739. The van der Waals surface area contributed by atoms with E-state index in [2.05, 4.69) is 20.4 Å². The summed E-state index contributed by atoms with van der Waals surface area (Å²) in [5, 5.41) is 13.3. The highest BCUT2D eigenvalue weighted by atomic mass is 35.5. The van der Waals surface area contributed by atoms with Gasteiger partial charge in [0, 0.05) is 11.3 Å². The summed E-state index contributed by atoms with van der Waals surface area (Å²) in [7, 11) is 0. The van der Waals surface area contributed by atoms with Gasteiger partial charge in [-0.2, -0.15) is 10.2 Å². The Morgan fingerprint density at radius 2 is 2.29 bits per heavy atom. The van der Waals surface area contributed by atoms with Crippen molar-refractivity contribution in [1.82, 2.24) is 20.4 Å². The molecule has 0 aliphatic rings. The third kappa shape index (κ3) is 1.22. The zero-order valence-corrected chi connectivity index (χ0v) is 8.09. The number of aldehydes is 1. The molecule has 2 aromatic rings. The Balaban J connectivity index is 2.62. The van der Waals surface area contributed by atoms with E-state index in [0.717, 1.165) is 11.3 Å². The maximum absolute atomic E-state index is 10.7. The maximum Gasteiger partial charge on any atom is 0.155 e. The third-order valence-corrected chi connectivity index (χ3v) is 2.25. The normalized spacial score (nSPS) is 10.4. The minimum absolute atomic E-state index is 0.246. The molecule has 0 fully saturated rings. The first-order chi connectivity index (χ1) is 6.74. The highest BCUT2D eigenvalue weighted by Crippen LogP contribution is 2.26. The highest BCUT2D eigenvalue weighted by Gasteiger charge is 2.15. The van der Waals surface area contributed by atoms with Gasteiger partial charge in [0.2, 0.25) is 0 Å². The smallest absolute Gasteiger partial charge is 0.155 e. The van der Waals surface area contributed by atoms with E-state index in [1.54, 1.807) is 6.20 Å². The van der Waals surface area contributed by atoms with Crippen LogP contribution in [-0.4, -0.2) is 26.7 Å². The molecule has 0 radical (unpaired) electrons. The van der Waals surface area contributed by atoms with E-state index in [0.29, 0.717) is 17.5 Å². The van der Waals surface area contributed by atoms with Gasteiger partial charge >= 0.3 is 0 Å². The van der Waals surface area contributed by atoms with E-state index in [1.165, 1.54) is 0 Å². The van der Waals surface area contributed by atoms with Crippen molar-refractivity contribution in [2.24, 2.45) is 0 Å². The Kier molecular flexibility index (Phi) is 2.09. The first kappa shape index (κ1) is 8.96. The average molecular weight is 211 g/mol. The topological polar surface area (TPSA) is 74.4 Å². The summed E-state index contributed by atoms with van der Waals surface area (Å²) in [6.07, 6.45) is 2.28. The number of aryl methyl sites for hydroxylation is 1. The molecule has 6 heteroatoms. The number of aromatic nitrogens is 4. The minimum Gasteiger partial charge on any atom is -0.298 e. The van der Waals surface area contributed by atoms with Gasteiger partial charge in [-0.25, -0.2) is 0 Å². The summed E-state index contributed by atoms with van der Waals surface area (Å²) >= 11 is 5.73. The number of hydrogen-bond donors (Lipinski definition) is 2. The zero-order chi connectivity index (χ0) is 10.1. The van der Waals surface area contributed by atoms with Gasteiger partial charge in [-0.05, 0) is 6.92 Å². The van der Waals surface area contributed by atoms with Crippen LogP contribution in [0.25, 0.3) is 11.3 Å². The molecule has 2 heterocycles. The highest BCUT2D eigenvalue weighted by molar-refractivity contribution is 6.32. The number of rotatable bonds is 2. The molecule has 72 valence electrons. The summed E-state index contributed by atoms with van der Waals surface area (Å²) in [4.78, 5) is 10.7. The molecule has 2 rings (SSSR count). The molecule has 0 saturated carbocycles. The fraction of sp³-hybridized carbons (Fsp3) is 0.125. The first-order valence-corrected chi connectivity index (χ1v) is 4.31. The van der Waals surface area contributed by atoms with Crippen LogP contribution in [0.5, 0.6) is 0 Å². The summed E-state index contributed by atoms with van der Waals surface area (Å²) in [6.45, 7) is 1.85.